The molecule has 1 aliphatic carbocycles. The maximum atomic E-state index is 12.8. The van der Waals surface area contributed by atoms with Gasteiger partial charge in [0.25, 0.3) is 0 Å². The van der Waals surface area contributed by atoms with Crippen LogP contribution in [0.25, 0.3) is 0 Å². The van der Waals surface area contributed by atoms with Crippen molar-refractivity contribution in [2.75, 3.05) is 6.54 Å². The minimum Gasteiger partial charge on any atom is -0.481 e. The zero-order valence-corrected chi connectivity index (χ0v) is 13.6. The monoisotopic (exact) mass is 303 g/mol. The smallest absolute Gasteiger partial charge is 0.307 e. The van der Waals surface area contributed by atoms with Gasteiger partial charge in [-0.2, -0.15) is 0 Å². The highest BCUT2D eigenvalue weighted by Crippen LogP contribution is 2.36. The molecule has 22 heavy (non-hydrogen) atoms. The van der Waals surface area contributed by atoms with Gasteiger partial charge < -0.3 is 10.0 Å². The van der Waals surface area contributed by atoms with E-state index in [1.165, 1.54) is 0 Å². The maximum absolute atomic E-state index is 12.8. The normalized spacial score (nSPS) is 21.0. The number of aliphatic carboxylic acids is 1. The Morgan fingerprint density at radius 1 is 1.14 bits per heavy atom. The summed E-state index contributed by atoms with van der Waals surface area (Å²) < 4.78 is 0. The Hall–Kier alpha value is -1.84. The van der Waals surface area contributed by atoms with E-state index in [9.17, 15) is 14.7 Å². The molecule has 0 heterocycles. The van der Waals surface area contributed by atoms with E-state index in [1.807, 2.05) is 35.2 Å². The van der Waals surface area contributed by atoms with Gasteiger partial charge in [0.2, 0.25) is 5.91 Å². The van der Waals surface area contributed by atoms with Gasteiger partial charge in [0.1, 0.15) is 0 Å². The van der Waals surface area contributed by atoms with Gasteiger partial charge in [0, 0.05) is 13.1 Å². The molecule has 1 aromatic rings. The van der Waals surface area contributed by atoms with E-state index in [0.29, 0.717) is 25.9 Å². The summed E-state index contributed by atoms with van der Waals surface area (Å²) in [6.45, 7) is 7.44. The first-order valence-electron chi connectivity index (χ1n) is 7.83. The molecule has 0 saturated heterocycles. The van der Waals surface area contributed by atoms with Crippen molar-refractivity contribution in [1.29, 1.82) is 0 Å². The van der Waals surface area contributed by atoms with Crippen molar-refractivity contribution in [3.63, 3.8) is 0 Å². The first-order valence-corrected chi connectivity index (χ1v) is 7.83. The van der Waals surface area contributed by atoms with Gasteiger partial charge in [0.05, 0.1) is 11.8 Å². The number of benzene rings is 1. The minimum absolute atomic E-state index is 0.0163. The Bertz CT molecular complexity index is 533. The van der Waals surface area contributed by atoms with E-state index in [1.54, 1.807) is 0 Å². The highest BCUT2D eigenvalue weighted by Gasteiger charge is 2.43. The number of carboxylic acid groups (broad SMARTS) is 1. The van der Waals surface area contributed by atoms with E-state index in [4.69, 9.17) is 0 Å². The summed E-state index contributed by atoms with van der Waals surface area (Å²) in [7, 11) is 0. The third-order valence-corrected chi connectivity index (χ3v) is 4.10. The molecule has 1 aliphatic rings. The summed E-state index contributed by atoms with van der Waals surface area (Å²) in [4.78, 5) is 25.8. The Morgan fingerprint density at radius 3 is 2.18 bits per heavy atom. The summed E-state index contributed by atoms with van der Waals surface area (Å²) in [5.74, 6) is -1.73. The van der Waals surface area contributed by atoms with Crippen LogP contribution in [0.4, 0.5) is 0 Å². The summed E-state index contributed by atoms with van der Waals surface area (Å²) in [5.41, 5.74) is 1.05. The van der Waals surface area contributed by atoms with Crippen LogP contribution in [0.1, 0.15) is 39.2 Å². The fourth-order valence-electron chi connectivity index (χ4n) is 2.91. The van der Waals surface area contributed by atoms with Crippen LogP contribution in [-0.2, 0) is 16.1 Å². The van der Waals surface area contributed by atoms with E-state index in [0.717, 1.165) is 5.56 Å². The Balaban J connectivity index is 2.13. The quantitative estimate of drug-likeness (QED) is 0.909. The lowest BCUT2D eigenvalue weighted by molar-refractivity contribution is -0.157. The topological polar surface area (TPSA) is 57.6 Å². The van der Waals surface area contributed by atoms with Crippen LogP contribution in [0.5, 0.6) is 0 Å². The second kappa shape index (κ2) is 6.51. The molecule has 2 unspecified atom stereocenters. The van der Waals surface area contributed by atoms with Gasteiger partial charge in [-0.05, 0) is 23.8 Å². The van der Waals surface area contributed by atoms with Gasteiger partial charge in [-0.15, -0.1) is 0 Å². The molecule has 0 spiro atoms. The molecule has 4 nitrogen and oxygen atoms in total. The predicted molar refractivity (Wildman–Crippen MR) is 85.2 cm³/mol. The molecule has 0 aliphatic heterocycles. The molecule has 1 aromatic carbocycles. The number of carbonyl (C=O) groups excluding carboxylic acids is 1. The van der Waals surface area contributed by atoms with Crippen molar-refractivity contribution in [2.45, 2.75) is 40.2 Å². The Kier molecular flexibility index (Phi) is 4.89. The van der Waals surface area contributed by atoms with Gasteiger partial charge in [-0.1, -0.05) is 51.1 Å². The summed E-state index contributed by atoms with van der Waals surface area (Å²) >= 11 is 0. The number of rotatable bonds is 5. The number of amides is 1. The summed E-state index contributed by atoms with van der Waals surface area (Å²) in [6.07, 6.45) is 1.30. The van der Waals surface area contributed by atoms with Crippen LogP contribution < -0.4 is 0 Å². The number of carboxylic acids is 1. The third-order valence-electron chi connectivity index (χ3n) is 4.10. The van der Waals surface area contributed by atoms with E-state index in [2.05, 4.69) is 20.8 Å². The molecule has 0 bridgehead atoms. The van der Waals surface area contributed by atoms with Crippen LogP contribution in [0.3, 0.4) is 0 Å². The van der Waals surface area contributed by atoms with E-state index in [-0.39, 0.29) is 17.2 Å². The predicted octanol–water partition coefficient (Wildman–Crippen LogP) is 3.17. The summed E-state index contributed by atoms with van der Waals surface area (Å²) in [6, 6.07) is 9.86. The summed E-state index contributed by atoms with van der Waals surface area (Å²) in [5, 5.41) is 9.19. The van der Waals surface area contributed by atoms with E-state index < -0.39 is 11.9 Å². The number of hydrogen-bond acceptors (Lipinski definition) is 2. The fourth-order valence-corrected chi connectivity index (χ4v) is 2.91. The zero-order chi connectivity index (χ0) is 16.3. The van der Waals surface area contributed by atoms with Gasteiger partial charge in [0.15, 0.2) is 0 Å². The van der Waals surface area contributed by atoms with Crippen LogP contribution in [0, 0.1) is 17.3 Å². The lowest BCUT2D eigenvalue weighted by Gasteiger charge is -2.38. The molecule has 1 saturated carbocycles. The molecule has 0 radical (unpaired) electrons. The fraction of sp³-hybridized carbons (Fsp3) is 0.556. The molecule has 1 fully saturated rings. The lowest BCUT2D eigenvalue weighted by Crippen LogP contribution is -2.48. The van der Waals surface area contributed by atoms with Gasteiger partial charge in [-0.3, -0.25) is 9.59 Å². The average Bonchev–Trinajstić information content (AvgIpc) is 2.35. The molecular formula is C18H25NO3. The average molecular weight is 303 g/mol. The Labute approximate surface area is 132 Å². The van der Waals surface area contributed by atoms with Gasteiger partial charge in [-0.25, -0.2) is 0 Å². The molecule has 1 N–H and O–H groups in total. The van der Waals surface area contributed by atoms with E-state index >= 15 is 0 Å². The number of carbonyl (C=O) groups is 2. The van der Waals surface area contributed by atoms with Crippen LogP contribution in [0.15, 0.2) is 30.3 Å². The molecule has 120 valence electrons. The first-order chi connectivity index (χ1) is 10.3. The first kappa shape index (κ1) is 16.5. The third kappa shape index (κ3) is 4.09. The zero-order valence-electron chi connectivity index (χ0n) is 13.6. The highest BCUT2D eigenvalue weighted by molar-refractivity contribution is 5.86. The Morgan fingerprint density at radius 2 is 1.73 bits per heavy atom. The molecule has 0 aromatic heterocycles. The van der Waals surface area contributed by atoms with Crippen LogP contribution >= 0.6 is 0 Å². The second-order valence-corrected chi connectivity index (χ2v) is 7.37. The lowest BCUT2D eigenvalue weighted by atomic mass is 9.72. The van der Waals surface area contributed by atoms with Crippen molar-refractivity contribution in [1.82, 2.24) is 4.90 Å². The molecular weight excluding hydrogens is 278 g/mol. The maximum Gasteiger partial charge on any atom is 0.307 e. The van der Waals surface area contributed by atoms with Crippen LogP contribution in [-0.4, -0.2) is 28.4 Å². The second-order valence-electron chi connectivity index (χ2n) is 7.37. The molecule has 4 heteroatoms. The van der Waals surface area contributed by atoms with Crippen molar-refractivity contribution in [3.05, 3.63) is 35.9 Å². The van der Waals surface area contributed by atoms with Crippen molar-refractivity contribution < 1.29 is 14.7 Å². The highest BCUT2D eigenvalue weighted by atomic mass is 16.4. The van der Waals surface area contributed by atoms with Crippen molar-refractivity contribution in [3.8, 4) is 0 Å². The number of hydrogen-bond donors (Lipinski definition) is 1. The SMILES string of the molecule is CC(C)(C)CN(Cc1ccccc1)C(=O)C1CCC1C(=O)O. The van der Waals surface area contributed by atoms with Crippen molar-refractivity contribution >= 4 is 11.9 Å². The van der Waals surface area contributed by atoms with Crippen molar-refractivity contribution in [2.24, 2.45) is 17.3 Å². The largest absolute Gasteiger partial charge is 0.481 e. The molecule has 2 atom stereocenters. The minimum atomic E-state index is -0.847. The molecule has 2 rings (SSSR count). The molecule has 1 amide bonds. The van der Waals surface area contributed by atoms with Gasteiger partial charge >= 0.3 is 5.97 Å². The van der Waals surface area contributed by atoms with Crippen LogP contribution in [0.2, 0.25) is 0 Å². The number of nitrogens with zero attached hydrogens (tertiary/aromatic N) is 1. The standard InChI is InChI=1S/C18H25NO3/c1-18(2,3)12-19(11-13-7-5-4-6-8-13)16(20)14-9-10-15(14)17(21)22/h4-8,14-15H,9-12H2,1-3H3,(H,21,22).